The summed E-state index contributed by atoms with van der Waals surface area (Å²) in [4.78, 5) is 29.4. The molecule has 0 aliphatic carbocycles. The van der Waals surface area contributed by atoms with Crippen LogP contribution in [0.2, 0.25) is 0 Å². The predicted molar refractivity (Wildman–Crippen MR) is 121 cm³/mol. The molecule has 1 aliphatic heterocycles. The molecule has 0 saturated carbocycles. The van der Waals surface area contributed by atoms with Crippen LogP contribution >= 0.6 is 0 Å². The van der Waals surface area contributed by atoms with Gasteiger partial charge in [-0.1, -0.05) is 31.2 Å². The van der Waals surface area contributed by atoms with E-state index < -0.39 is 17.7 Å². The Morgan fingerprint density at radius 2 is 1.68 bits per heavy atom. The van der Waals surface area contributed by atoms with E-state index in [2.05, 4.69) is 6.92 Å². The summed E-state index contributed by atoms with van der Waals surface area (Å²) in [5, 5.41) is 11.1. The number of benzene rings is 2. The van der Waals surface area contributed by atoms with Crippen molar-refractivity contribution in [1.29, 1.82) is 0 Å². The average molecular weight is 423 g/mol. The number of carbonyl (C=O) groups excluding carboxylic acids is 2. The molecule has 1 saturated heterocycles. The molecule has 31 heavy (non-hydrogen) atoms. The van der Waals surface area contributed by atoms with Gasteiger partial charge in [-0.3, -0.25) is 9.59 Å². The lowest BCUT2D eigenvalue weighted by Gasteiger charge is -2.26. The summed E-state index contributed by atoms with van der Waals surface area (Å²) < 4.78 is 5.46. The van der Waals surface area contributed by atoms with Gasteiger partial charge in [-0.15, -0.1) is 0 Å². The second kappa shape index (κ2) is 9.79. The Kier molecular flexibility index (Phi) is 7.13. The third-order valence-electron chi connectivity index (χ3n) is 5.47. The Bertz CT molecular complexity index is 962. The molecule has 2 aromatic carbocycles. The Balaban J connectivity index is 2.08. The Morgan fingerprint density at radius 1 is 1.03 bits per heavy atom. The molecule has 6 heteroatoms. The lowest BCUT2D eigenvalue weighted by Crippen LogP contribution is -2.35. The van der Waals surface area contributed by atoms with Gasteiger partial charge < -0.3 is 19.6 Å². The second-order valence-electron chi connectivity index (χ2n) is 7.85. The molecule has 2 aromatic rings. The van der Waals surface area contributed by atoms with Crippen molar-refractivity contribution in [2.24, 2.45) is 0 Å². The summed E-state index contributed by atoms with van der Waals surface area (Å²) in [6.45, 7) is 5.50. The minimum Gasteiger partial charge on any atom is -0.507 e. The number of aliphatic hydroxyl groups is 1. The zero-order valence-corrected chi connectivity index (χ0v) is 18.6. The van der Waals surface area contributed by atoms with E-state index in [-0.39, 0.29) is 11.3 Å². The van der Waals surface area contributed by atoms with E-state index in [1.807, 2.05) is 50.2 Å². The van der Waals surface area contributed by atoms with Crippen LogP contribution in [0.5, 0.6) is 5.75 Å². The van der Waals surface area contributed by atoms with Crippen molar-refractivity contribution in [1.82, 2.24) is 9.80 Å². The van der Waals surface area contributed by atoms with Crippen molar-refractivity contribution in [3.05, 3.63) is 70.8 Å². The maximum absolute atomic E-state index is 13.0. The van der Waals surface area contributed by atoms with Crippen LogP contribution < -0.4 is 4.74 Å². The molecule has 164 valence electrons. The van der Waals surface area contributed by atoms with Gasteiger partial charge in [-0.2, -0.15) is 0 Å². The van der Waals surface area contributed by atoms with Gasteiger partial charge in [0.25, 0.3) is 11.7 Å². The van der Waals surface area contributed by atoms with Gasteiger partial charge in [-0.05, 0) is 62.8 Å². The van der Waals surface area contributed by atoms with E-state index in [0.29, 0.717) is 31.0 Å². The number of hydrogen-bond donors (Lipinski definition) is 1. The quantitative estimate of drug-likeness (QED) is 0.400. The monoisotopic (exact) mass is 422 g/mol. The molecule has 0 aromatic heterocycles. The van der Waals surface area contributed by atoms with Gasteiger partial charge in [0.2, 0.25) is 0 Å². The Hall–Kier alpha value is -3.12. The Labute approximate surface area is 183 Å². The van der Waals surface area contributed by atoms with Gasteiger partial charge in [0.1, 0.15) is 11.5 Å². The molecule has 6 nitrogen and oxygen atoms in total. The number of ketones is 1. The topological polar surface area (TPSA) is 70.1 Å². The van der Waals surface area contributed by atoms with Crippen LogP contribution in [0.4, 0.5) is 0 Å². The maximum Gasteiger partial charge on any atom is 0.295 e. The molecule has 1 unspecified atom stereocenters. The molecule has 1 fully saturated rings. The maximum atomic E-state index is 13.0. The number of aliphatic hydroxyl groups excluding tert-OH is 1. The van der Waals surface area contributed by atoms with Gasteiger partial charge in [-0.25, -0.2) is 0 Å². The second-order valence-corrected chi connectivity index (χ2v) is 7.85. The molecule has 0 bridgehead atoms. The molecule has 0 radical (unpaired) electrons. The van der Waals surface area contributed by atoms with Gasteiger partial charge in [0.15, 0.2) is 0 Å². The van der Waals surface area contributed by atoms with Crippen LogP contribution in [0.1, 0.15) is 36.6 Å². The fraction of sp³-hybridized carbons (Fsp3) is 0.360. The largest absolute Gasteiger partial charge is 0.507 e. The average Bonchev–Trinajstić information content (AvgIpc) is 3.02. The minimum absolute atomic E-state index is 0.122. The fourth-order valence-electron chi connectivity index (χ4n) is 3.73. The van der Waals surface area contributed by atoms with E-state index in [1.165, 1.54) is 5.56 Å². The zero-order chi connectivity index (χ0) is 22.5. The van der Waals surface area contributed by atoms with Crippen molar-refractivity contribution in [3.8, 4) is 5.75 Å². The van der Waals surface area contributed by atoms with Crippen LogP contribution in [-0.2, 0) is 16.0 Å². The molecule has 1 N–H and O–H groups in total. The van der Waals surface area contributed by atoms with E-state index in [1.54, 1.807) is 29.2 Å². The lowest BCUT2D eigenvalue weighted by molar-refractivity contribution is -0.140. The van der Waals surface area contributed by atoms with E-state index in [0.717, 1.165) is 12.0 Å². The first-order valence-corrected chi connectivity index (χ1v) is 10.6. The minimum atomic E-state index is -0.658. The highest BCUT2D eigenvalue weighted by molar-refractivity contribution is 6.46. The molecule has 1 amide bonds. The molecular formula is C25H30N2O4. The van der Waals surface area contributed by atoms with Crippen LogP contribution in [0.25, 0.3) is 5.76 Å². The molecule has 3 rings (SSSR count). The fourth-order valence-corrected chi connectivity index (χ4v) is 3.73. The highest BCUT2D eigenvalue weighted by Gasteiger charge is 2.45. The lowest BCUT2D eigenvalue weighted by atomic mass is 9.94. The highest BCUT2D eigenvalue weighted by Crippen LogP contribution is 2.39. The van der Waals surface area contributed by atoms with E-state index in [9.17, 15) is 14.7 Å². The van der Waals surface area contributed by atoms with Crippen molar-refractivity contribution >= 4 is 17.4 Å². The molecular weight excluding hydrogens is 392 g/mol. The molecule has 1 atom stereocenters. The standard InChI is InChI=1S/C25H30N2O4/c1-5-17-7-9-18(10-8-17)22-21(24(29)25(30)27(22)16-15-26(3)4)23(28)19-11-13-20(14-12-19)31-6-2/h7-14,22,28H,5-6,15-16H2,1-4H3/b23-21-. The number of aryl methyl sites for hydroxylation is 1. The summed E-state index contributed by atoms with van der Waals surface area (Å²) >= 11 is 0. The smallest absolute Gasteiger partial charge is 0.295 e. The molecule has 0 spiro atoms. The molecule has 1 aliphatic rings. The summed E-state index contributed by atoms with van der Waals surface area (Å²) in [5.41, 5.74) is 2.57. The summed E-state index contributed by atoms with van der Waals surface area (Å²) in [6, 6.07) is 14.1. The van der Waals surface area contributed by atoms with Crippen LogP contribution in [-0.4, -0.2) is 60.4 Å². The number of carbonyl (C=O) groups is 2. The summed E-state index contributed by atoms with van der Waals surface area (Å²) in [6.07, 6.45) is 0.896. The third kappa shape index (κ3) is 4.80. The van der Waals surface area contributed by atoms with Gasteiger partial charge in [0.05, 0.1) is 18.2 Å². The first kappa shape index (κ1) is 22.6. The number of rotatable bonds is 8. The van der Waals surface area contributed by atoms with Gasteiger partial charge in [0, 0.05) is 18.7 Å². The van der Waals surface area contributed by atoms with Crippen molar-refractivity contribution in [2.45, 2.75) is 26.3 Å². The summed E-state index contributed by atoms with van der Waals surface area (Å²) in [7, 11) is 3.84. The van der Waals surface area contributed by atoms with Crippen molar-refractivity contribution in [2.75, 3.05) is 33.8 Å². The Morgan fingerprint density at radius 3 is 2.23 bits per heavy atom. The van der Waals surface area contributed by atoms with E-state index in [4.69, 9.17) is 4.74 Å². The number of ether oxygens (including phenoxy) is 1. The van der Waals surface area contributed by atoms with Crippen LogP contribution in [0, 0.1) is 0 Å². The normalized spacial score (nSPS) is 18.1. The summed E-state index contributed by atoms with van der Waals surface area (Å²) in [5.74, 6) is -0.732. The van der Waals surface area contributed by atoms with E-state index >= 15 is 0 Å². The van der Waals surface area contributed by atoms with Crippen LogP contribution in [0.15, 0.2) is 54.1 Å². The molecule has 1 heterocycles. The zero-order valence-electron chi connectivity index (χ0n) is 18.6. The third-order valence-corrected chi connectivity index (χ3v) is 5.47. The number of hydrogen-bond acceptors (Lipinski definition) is 5. The predicted octanol–water partition coefficient (Wildman–Crippen LogP) is 3.63. The number of Topliss-reactive ketones (excluding diaryl/α,β-unsaturated/α-hetero) is 1. The number of amides is 1. The first-order chi connectivity index (χ1) is 14.9. The van der Waals surface area contributed by atoms with Crippen LogP contribution in [0.3, 0.4) is 0 Å². The first-order valence-electron chi connectivity index (χ1n) is 10.6. The van der Waals surface area contributed by atoms with Crippen molar-refractivity contribution < 1.29 is 19.4 Å². The SMILES string of the molecule is CCOc1ccc(/C(O)=C2/C(=O)C(=O)N(CCN(C)C)C2c2ccc(CC)cc2)cc1. The number of nitrogens with zero attached hydrogens (tertiary/aromatic N) is 2. The van der Waals surface area contributed by atoms with Gasteiger partial charge >= 0.3 is 0 Å². The highest BCUT2D eigenvalue weighted by atomic mass is 16.5. The number of likely N-dealkylation sites (tertiary alicyclic amines) is 1. The van der Waals surface area contributed by atoms with Crippen molar-refractivity contribution in [3.63, 3.8) is 0 Å². The number of likely N-dealkylation sites (N-methyl/N-ethyl adjacent to an activating group) is 1.